The zero-order valence-electron chi connectivity index (χ0n) is 13.1. The van der Waals surface area contributed by atoms with Crippen molar-refractivity contribution < 1.29 is 14.3 Å². The third-order valence-electron chi connectivity index (χ3n) is 3.20. The van der Waals surface area contributed by atoms with Crippen LogP contribution in [-0.2, 0) is 20.7 Å². The van der Waals surface area contributed by atoms with Crippen LogP contribution < -0.4 is 5.32 Å². The van der Waals surface area contributed by atoms with Crippen LogP contribution in [0.5, 0.6) is 0 Å². The van der Waals surface area contributed by atoms with E-state index in [0.29, 0.717) is 32.7 Å². The Kier molecular flexibility index (Phi) is 8.77. The molecule has 0 fully saturated rings. The summed E-state index contributed by atoms with van der Waals surface area (Å²) >= 11 is 3.36. The van der Waals surface area contributed by atoms with Crippen LogP contribution in [0.1, 0.15) is 18.9 Å². The topological polar surface area (TPSA) is 58.6 Å². The average Bonchev–Trinajstić information content (AvgIpc) is 2.48. The van der Waals surface area contributed by atoms with E-state index in [1.165, 1.54) is 6.92 Å². The first kappa shape index (κ1) is 18.6. The summed E-state index contributed by atoms with van der Waals surface area (Å²) in [7, 11) is 1.64. The van der Waals surface area contributed by atoms with Crippen molar-refractivity contribution in [3.63, 3.8) is 0 Å². The van der Waals surface area contributed by atoms with Crippen LogP contribution in [0, 0.1) is 0 Å². The molecule has 0 aromatic heterocycles. The highest BCUT2D eigenvalue weighted by Crippen LogP contribution is 2.10. The Balaban J connectivity index is 2.30. The molecule has 0 aliphatic carbocycles. The lowest BCUT2D eigenvalue weighted by molar-refractivity contribution is -0.129. The van der Waals surface area contributed by atoms with Gasteiger partial charge in [-0.15, -0.1) is 0 Å². The van der Waals surface area contributed by atoms with Gasteiger partial charge in [0.15, 0.2) is 0 Å². The number of rotatable bonds is 9. The normalized spacial score (nSPS) is 10.3. The summed E-state index contributed by atoms with van der Waals surface area (Å²) in [5, 5.41) is 2.85. The quantitative estimate of drug-likeness (QED) is 0.676. The molecule has 0 aliphatic heterocycles. The maximum atomic E-state index is 11.9. The molecule has 0 saturated carbocycles. The number of halogens is 1. The SMILES string of the molecule is COCCCN(CCNC(=O)Cc1ccc(Br)cc1)C(C)=O. The van der Waals surface area contributed by atoms with E-state index in [1.807, 2.05) is 24.3 Å². The first-order chi connectivity index (χ1) is 10.5. The molecule has 0 unspecified atom stereocenters. The first-order valence-corrected chi connectivity index (χ1v) is 8.08. The summed E-state index contributed by atoms with van der Waals surface area (Å²) in [6, 6.07) is 7.65. The summed E-state index contributed by atoms with van der Waals surface area (Å²) in [6.07, 6.45) is 1.14. The third-order valence-corrected chi connectivity index (χ3v) is 3.73. The second kappa shape index (κ2) is 10.3. The Morgan fingerprint density at radius 2 is 1.91 bits per heavy atom. The molecule has 1 rings (SSSR count). The maximum Gasteiger partial charge on any atom is 0.224 e. The minimum absolute atomic E-state index is 0.0123. The van der Waals surface area contributed by atoms with Gasteiger partial charge in [0.25, 0.3) is 0 Å². The van der Waals surface area contributed by atoms with Crippen LogP contribution in [0.3, 0.4) is 0 Å². The number of benzene rings is 1. The van der Waals surface area contributed by atoms with Gasteiger partial charge < -0.3 is 15.0 Å². The van der Waals surface area contributed by atoms with Crippen molar-refractivity contribution in [2.24, 2.45) is 0 Å². The highest BCUT2D eigenvalue weighted by atomic mass is 79.9. The van der Waals surface area contributed by atoms with E-state index in [2.05, 4.69) is 21.2 Å². The maximum absolute atomic E-state index is 11.9. The van der Waals surface area contributed by atoms with Crippen LogP contribution in [-0.4, -0.2) is 50.1 Å². The highest BCUT2D eigenvalue weighted by Gasteiger charge is 2.09. The summed E-state index contributed by atoms with van der Waals surface area (Å²) < 4.78 is 5.97. The molecule has 0 aliphatic rings. The van der Waals surface area contributed by atoms with E-state index >= 15 is 0 Å². The lowest BCUT2D eigenvalue weighted by Crippen LogP contribution is -2.38. The largest absolute Gasteiger partial charge is 0.385 e. The van der Waals surface area contributed by atoms with Gasteiger partial charge in [-0.25, -0.2) is 0 Å². The Bertz CT molecular complexity index is 477. The van der Waals surface area contributed by atoms with Crippen molar-refractivity contribution in [3.8, 4) is 0 Å². The average molecular weight is 371 g/mol. The Morgan fingerprint density at radius 1 is 1.23 bits per heavy atom. The van der Waals surface area contributed by atoms with Crippen LogP contribution in [0.15, 0.2) is 28.7 Å². The number of hydrogen-bond acceptors (Lipinski definition) is 3. The van der Waals surface area contributed by atoms with Crippen molar-refractivity contribution in [2.75, 3.05) is 33.4 Å². The van der Waals surface area contributed by atoms with Crippen molar-refractivity contribution in [1.82, 2.24) is 10.2 Å². The fraction of sp³-hybridized carbons (Fsp3) is 0.500. The van der Waals surface area contributed by atoms with Gasteiger partial charge in [-0.2, -0.15) is 0 Å². The van der Waals surface area contributed by atoms with E-state index < -0.39 is 0 Å². The Labute approximate surface area is 140 Å². The molecule has 0 atom stereocenters. The predicted molar refractivity (Wildman–Crippen MR) is 89.6 cm³/mol. The van der Waals surface area contributed by atoms with Crippen molar-refractivity contribution in [1.29, 1.82) is 0 Å². The van der Waals surface area contributed by atoms with E-state index in [-0.39, 0.29) is 11.8 Å². The van der Waals surface area contributed by atoms with Gasteiger partial charge in [0, 0.05) is 44.7 Å². The summed E-state index contributed by atoms with van der Waals surface area (Å²) in [5.41, 5.74) is 0.962. The van der Waals surface area contributed by atoms with E-state index in [4.69, 9.17) is 4.74 Å². The van der Waals surface area contributed by atoms with Crippen molar-refractivity contribution >= 4 is 27.7 Å². The minimum atomic E-state index is -0.0392. The molecule has 1 aromatic carbocycles. The number of methoxy groups -OCH3 is 1. The second-order valence-electron chi connectivity index (χ2n) is 5.01. The molecule has 5 nitrogen and oxygen atoms in total. The number of carbonyl (C=O) groups excluding carboxylic acids is 2. The third kappa shape index (κ3) is 7.56. The van der Waals surface area contributed by atoms with Gasteiger partial charge in [-0.3, -0.25) is 9.59 Å². The fourth-order valence-corrected chi connectivity index (χ4v) is 2.27. The van der Waals surface area contributed by atoms with E-state index in [9.17, 15) is 9.59 Å². The second-order valence-corrected chi connectivity index (χ2v) is 5.92. The van der Waals surface area contributed by atoms with Gasteiger partial charge in [0.05, 0.1) is 6.42 Å². The zero-order chi connectivity index (χ0) is 16.4. The minimum Gasteiger partial charge on any atom is -0.385 e. The molecule has 22 heavy (non-hydrogen) atoms. The summed E-state index contributed by atoms with van der Waals surface area (Å²) in [6.45, 7) is 3.79. The van der Waals surface area contributed by atoms with E-state index in [0.717, 1.165) is 16.5 Å². The number of nitrogens with one attached hydrogen (secondary N) is 1. The monoisotopic (exact) mass is 370 g/mol. The molecule has 0 heterocycles. The molecule has 0 radical (unpaired) electrons. The van der Waals surface area contributed by atoms with Crippen LogP contribution in [0.2, 0.25) is 0 Å². The van der Waals surface area contributed by atoms with Crippen LogP contribution >= 0.6 is 15.9 Å². The van der Waals surface area contributed by atoms with Crippen LogP contribution in [0.4, 0.5) is 0 Å². The molecular formula is C16H23BrN2O3. The van der Waals surface area contributed by atoms with Gasteiger partial charge in [-0.1, -0.05) is 28.1 Å². The highest BCUT2D eigenvalue weighted by molar-refractivity contribution is 9.10. The molecule has 0 saturated heterocycles. The zero-order valence-corrected chi connectivity index (χ0v) is 14.7. The number of amides is 2. The van der Waals surface area contributed by atoms with Crippen LogP contribution in [0.25, 0.3) is 0 Å². The molecule has 1 aromatic rings. The molecule has 0 spiro atoms. The molecule has 1 N–H and O–H groups in total. The molecular weight excluding hydrogens is 348 g/mol. The fourth-order valence-electron chi connectivity index (χ4n) is 2.01. The lowest BCUT2D eigenvalue weighted by atomic mass is 10.1. The first-order valence-electron chi connectivity index (χ1n) is 7.28. The number of ether oxygens (including phenoxy) is 1. The Morgan fingerprint density at radius 3 is 2.50 bits per heavy atom. The van der Waals surface area contributed by atoms with Crippen molar-refractivity contribution in [2.45, 2.75) is 19.8 Å². The lowest BCUT2D eigenvalue weighted by Gasteiger charge is -2.21. The van der Waals surface area contributed by atoms with Gasteiger partial charge >= 0.3 is 0 Å². The molecule has 2 amide bonds. The predicted octanol–water partition coefficient (Wildman–Crippen LogP) is 1.99. The summed E-state index contributed by atoms with van der Waals surface area (Å²) in [4.78, 5) is 25.1. The standard InChI is InChI=1S/C16H23BrN2O3/c1-13(20)19(9-3-11-22-2)10-8-18-16(21)12-14-4-6-15(17)7-5-14/h4-7H,3,8-12H2,1-2H3,(H,18,21). The van der Waals surface area contributed by atoms with Crippen molar-refractivity contribution in [3.05, 3.63) is 34.3 Å². The number of carbonyl (C=O) groups is 2. The van der Waals surface area contributed by atoms with E-state index in [1.54, 1.807) is 12.0 Å². The van der Waals surface area contributed by atoms with Gasteiger partial charge in [0.2, 0.25) is 11.8 Å². The Hall–Kier alpha value is -1.40. The number of hydrogen-bond donors (Lipinski definition) is 1. The molecule has 122 valence electrons. The van der Waals surface area contributed by atoms with Gasteiger partial charge in [-0.05, 0) is 24.1 Å². The smallest absolute Gasteiger partial charge is 0.224 e. The number of nitrogens with zero attached hydrogens (tertiary/aromatic N) is 1. The summed E-state index contributed by atoms with van der Waals surface area (Å²) in [5.74, 6) is -0.0269. The molecule has 6 heteroatoms. The molecule has 0 bridgehead atoms. The van der Waals surface area contributed by atoms with Gasteiger partial charge in [0.1, 0.15) is 0 Å².